The van der Waals surface area contributed by atoms with Crippen LogP contribution in [0.2, 0.25) is 0 Å². The highest BCUT2D eigenvalue weighted by Crippen LogP contribution is 1.78. The van der Waals surface area contributed by atoms with E-state index in [1.54, 1.807) is 18.3 Å². The van der Waals surface area contributed by atoms with Crippen molar-refractivity contribution in [2.75, 3.05) is 0 Å². The summed E-state index contributed by atoms with van der Waals surface area (Å²) < 4.78 is 1.43. The summed E-state index contributed by atoms with van der Waals surface area (Å²) in [5, 5.41) is 10.9. The lowest BCUT2D eigenvalue weighted by molar-refractivity contribution is 0.320. The molecular weight excluding hydrogens is 144 g/mol. The van der Waals surface area contributed by atoms with Gasteiger partial charge in [0.15, 0.2) is 0 Å². The fraction of sp³-hybridized carbons (Fsp3) is 0.143. The summed E-state index contributed by atoms with van der Waals surface area (Å²) >= 11 is 0. The number of hydrogen-bond acceptors (Lipinski definition) is 3. The maximum Gasteiger partial charge on any atom is 0.250 e. The molecular formula is C7H8N2O2. The van der Waals surface area contributed by atoms with Crippen LogP contribution in [0.1, 0.15) is 0 Å². The first-order valence-electron chi connectivity index (χ1n) is 3.16. The molecule has 0 spiro atoms. The Hall–Kier alpha value is -1.58. The summed E-state index contributed by atoms with van der Waals surface area (Å²) in [6.07, 6.45) is 2.88. The molecule has 0 amide bonds. The molecule has 0 fully saturated rings. The van der Waals surface area contributed by atoms with Gasteiger partial charge in [0.05, 0.1) is 12.8 Å². The summed E-state index contributed by atoms with van der Waals surface area (Å²) in [5.74, 6) is 0. The van der Waals surface area contributed by atoms with E-state index < -0.39 is 0 Å². The van der Waals surface area contributed by atoms with Crippen molar-refractivity contribution >= 4 is 6.21 Å². The van der Waals surface area contributed by atoms with Crippen molar-refractivity contribution in [3.8, 4) is 0 Å². The van der Waals surface area contributed by atoms with Crippen molar-refractivity contribution < 1.29 is 5.21 Å². The van der Waals surface area contributed by atoms with Gasteiger partial charge < -0.3 is 9.77 Å². The van der Waals surface area contributed by atoms with Gasteiger partial charge in [-0.05, 0) is 6.07 Å². The molecule has 1 N–H and O–H groups in total. The number of nitrogens with zero attached hydrogens (tertiary/aromatic N) is 2. The van der Waals surface area contributed by atoms with Gasteiger partial charge in [0.2, 0.25) is 0 Å². The third-order valence-electron chi connectivity index (χ3n) is 1.26. The highest BCUT2D eigenvalue weighted by Gasteiger charge is 1.88. The largest absolute Gasteiger partial charge is 0.411 e. The number of rotatable bonds is 2. The van der Waals surface area contributed by atoms with E-state index in [-0.39, 0.29) is 5.56 Å². The van der Waals surface area contributed by atoms with Gasteiger partial charge in [-0.25, -0.2) is 0 Å². The molecule has 0 aromatic carbocycles. The first-order chi connectivity index (χ1) is 5.34. The lowest BCUT2D eigenvalue weighted by Crippen LogP contribution is -2.18. The van der Waals surface area contributed by atoms with E-state index in [4.69, 9.17) is 5.21 Å². The average Bonchev–Trinajstić information content (AvgIpc) is 2.03. The van der Waals surface area contributed by atoms with Crippen LogP contribution >= 0.6 is 0 Å². The van der Waals surface area contributed by atoms with E-state index in [0.29, 0.717) is 6.54 Å². The molecule has 1 aromatic heterocycles. The predicted molar refractivity (Wildman–Crippen MR) is 41.0 cm³/mol. The molecule has 1 rings (SSSR count). The second-order valence-corrected chi connectivity index (χ2v) is 1.99. The summed E-state index contributed by atoms with van der Waals surface area (Å²) in [7, 11) is 0. The van der Waals surface area contributed by atoms with Gasteiger partial charge >= 0.3 is 0 Å². The molecule has 0 saturated carbocycles. The quantitative estimate of drug-likeness (QED) is 0.376. The molecule has 0 aliphatic carbocycles. The Morgan fingerprint density at radius 3 is 3.09 bits per heavy atom. The van der Waals surface area contributed by atoms with Crippen LogP contribution in [0, 0.1) is 0 Å². The summed E-state index contributed by atoms with van der Waals surface area (Å²) in [6, 6.07) is 4.85. The Morgan fingerprint density at radius 2 is 2.45 bits per heavy atom. The van der Waals surface area contributed by atoms with Gasteiger partial charge in [-0.2, -0.15) is 0 Å². The van der Waals surface area contributed by atoms with Gasteiger partial charge in [0, 0.05) is 12.3 Å². The standard InChI is InChI=1S/C7H8N2O2/c10-7-3-1-2-5-9(7)6-4-8-11/h1-5,11H,6H2/b8-4+. The molecule has 0 bridgehead atoms. The Kier molecular flexibility index (Phi) is 2.43. The molecule has 1 aromatic rings. The smallest absolute Gasteiger partial charge is 0.250 e. The van der Waals surface area contributed by atoms with E-state index in [2.05, 4.69) is 5.16 Å². The minimum atomic E-state index is -0.104. The van der Waals surface area contributed by atoms with Gasteiger partial charge in [0.1, 0.15) is 0 Å². The maximum absolute atomic E-state index is 10.9. The van der Waals surface area contributed by atoms with E-state index in [0.717, 1.165) is 0 Å². The van der Waals surface area contributed by atoms with Crippen LogP contribution in [0.3, 0.4) is 0 Å². The van der Waals surface area contributed by atoms with Crippen molar-refractivity contribution in [2.24, 2.45) is 5.16 Å². The zero-order chi connectivity index (χ0) is 8.10. The molecule has 0 unspecified atom stereocenters. The molecule has 0 radical (unpaired) electrons. The fourth-order valence-electron chi connectivity index (χ4n) is 0.736. The maximum atomic E-state index is 10.9. The van der Waals surface area contributed by atoms with Crippen LogP contribution in [0.4, 0.5) is 0 Å². The van der Waals surface area contributed by atoms with Crippen LogP contribution in [0.25, 0.3) is 0 Å². The molecule has 58 valence electrons. The summed E-state index contributed by atoms with van der Waals surface area (Å²) in [6.45, 7) is 0.302. The van der Waals surface area contributed by atoms with Crippen molar-refractivity contribution in [3.63, 3.8) is 0 Å². The zero-order valence-corrected chi connectivity index (χ0v) is 5.84. The summed E-state index contributed by atoms with van der Waals surface area (Å²) in [4.78, 5) is 10.9. The lowest BCUT2D eigenvalue weighted by atomic mass is 10.5. The first-order valence-corrected chi connectivity index (χ1v) is 3.16. The number of aromatic nitrogens is 1. The Morgan fingerprint density at radius 1 is 1.64 bits per heavy atom. The third-order valence-corrected chi connectivity index (χ3v) is 1.26. The lowest BCUT2D eigenvalue weighted by Gasteiger charge is -1.96. The molecule has 11 heavy (non-hydrogen) atoms. The van der Waals surface area contributed by atoms with E-state index in [1.807, 2.05) is 0 Å². The molecule has 0 aliphatic heterocycles. The molecule has 0 aliphatic rings. The van der Waals surface area contributed by atoms with Crippen molar-refractivity contribution in [1.82, 2.24) is 4.57 Å². The van der Waals surface area contributed by atoms with Crippen molar-refractivity contribution in [3.05, 3.63) is 34.7 Å². The zero-order valence-electron chi connectivity index (χ0n) is 5.84. The van der Waals surface area contributed by atoms with Gasteiger partial charge in [-0.15, -0.1) is 5.16 Å². The monoisotopic (exact) mass is 152 g/mol. The van der Waals surface area contributed by atoms with Gasteiger partial charge in [-0.3, -0.25) is 4.79 Å². The second kappa shape index (κ2) is 3.55. The van der Waals surface area contributed by atoms with Crippen LogP contribution in [0.5, 0.6) is 0 Å². The Bertz CT molecular complexity index is 303. The minimum Gasteiger partial charge on any atom is -0.411 e. The molecule has 4 nitrogen and oxygen atoms in total. The average molecular weight is 152 g/mol. The van der Waals surface area contributed by atoms with E-state index in [1.165, 1.54) is 16.8 Å². The molecule has 1 heterocycles. The van der Waals surface area contributed by atoms with E-state index in [9.17, 15) is 4.79 Å². The first kappa shape index (κ1) is 7.53. The highest BCUT2D eigenvalue weighted by atomic mass is 16.4. The van der Waals surface area contributed by atoms with Gasteiger partial charge in [0.25, 0.3) is 5.56 Å². The fourth-order valence-corrected chi connectivity index (χ4v) is 0.736. The molecule has 0 saturated heterocycles. The predicted octanol–water partition coefficient (Wildman–Crippen LogP) is 0.308. The van der Waals surface area contributed by atoms with E-state index >= 15 is 0 Å². The Balaban J connectivity index is 2.86. The Labute approximate surface area is 63.4 Å². The SMILES string of the molecule is O=c1ccccn1C/C=N/O. The number of pyridine rings is 1. The minimum absolute atomic E-state index is 0.104. The van der Waals surface area contributed by atoms with Gasteiger partial charge in [-0.1, -0.05) is 6.07 Å². The number of oxime groups is 1. The van der Waals surface area contributed by atoms with Crippen LogP contribution < -0.4 is 5.56 Å². The number of hydrogen-bond donors (Lipinski definition) is 1. The van der Waals surface area contributed by atoms with Crippen molar-refractivity contribution in [1.29, 1.82) is 0 Å². The normalized spacial score (nSPS) is 10.5. The second-order valence-electron chi connectivity index (χ2n) is 1.99. The van der Waals surface area contributed by atoms with Crippen molar-refractivity contribution in [2.45, 2.75) is 6.54 Å². The third kappa shape index (κ3) is 1.93. The highest BCUT2D eigenvalue weighted by molar-refractivity contribution is 5.55. The van der Waals surface area contributed by atoms with Crippen LogP contribution in [0.15, 0.2) is 34.3 Å². The molecule has 0 atom stereocenters. The molecule has 4 heteroatoms. The van der Waals surface area contributed by atoms with Crippen LogP contribution in [-0.4, -0.2) is 16.0 Å². The van der Waals surface area contributed by atoms with Crippen LogP contribution in [-0.2, 0) is 6.54 Å². The topological polar surface area (TPSA) is 54.6 Å². The summed E-state index contributed by atoms with van der Waals surface area (Å²) in [5.41, 5.74) is -0.104.